The highest BCUT2D eigenvalue weighted by Crippen LogP contribution is 2.38. The molecule has 2 aliphatic heterocycles. The van der Waals surface area contributed by atoms with Crippen LogP contribution in [0.1, 0.15) is 24.8 Å². The number of para-hydroxylation sites is 1. The molecule has 3 heterocycles. The zero-order chi connectivity index (χ0) is 22.8. The molecule has 0 spiro atoms. The van der Waals surface area contributed by atoms with Gasteiger partial charge in [0.05, 0.1) is 18.0 Å². The molecule has 2 fully saturated rings. The molecule has 2 aliphatic rings. The Morgan fingerprint density at radius 1 is 1.12 bits per heavy atom. The largest absolute Gasteiger partial charge is 0.462 e. The summed E-state index contributed by atoms with van der Waals surface area (Å²) in [4.78, 5) is 19.2. The van der Waals surface area contributed by atoms with Gasteiger partial charge in [-0.25, -0.2) is 9.37 Å². The summed E-state index contributed by atoms with van der Waals surface area (Å²) in [5.74, 6) is 0.303. The lowest BCUT2D eigenvalue weighted by molar-refractivity contribution is -0.160. The van der Waals surface area contributed by atoms with Gasteiger partial charge in [0.25, 0.3) is 0 Å². The van der Waals surface area contributed by atoms with Gasteiger partial charge >= 0.3 is 5.97 Å². The van der Waals surface area contributed by atoms with Crippen molar-refractivity contribution in [2.45, 2.75) is 37.9 Å². The number of nitrogens with one attached hydrogen (secondary N) is 1. The fourth-order valence-electron chi connectivity index (χ4n) is 4.90. The maximum absolute atomic E-state index is 13.8. The van der Waals surface area contributed by atoms with Crippen LogP contribution in [0.25, 0.3) is 22.0 Å². The number of cyclic esters (lactones) is 1. The summed E-state index contributed by atoms with van der Waals surface area (Å²) >= 11 is 0. The number of hydrogen-bond donors (Lipinski definition) is 2. The lowest BCUT2D eigenvalue weighted by Crippen LogP contribution is -2.44. The van der Waals surface area contributed by atoms with E-state index in [1.165, 1.54) is 12.1 Å². The third-order valence-electron chi connectivity index (χ3n) is 6.47. The molecule has 0 amide bonds. The van der Waals surface area contributed by atoms with E-state index < -0.39 is 6.10 Å². The van der Waals surface area contributed by atoms with Gasteiger partial charge in [-0.3, -0.25) is 4.79 Å². The normalized spacial score (nSPS) is 21.3. The average molecular weight is 450 g/mol. The SMILES string of the molecule is O=C1C[C@@H](O)C[C@@H](CCc2c(N3CCNCC3)nc3ccccc3c2-c2ccc(F)cc2)O1. The van der Waals surface area contributed by atoms with Crippen LogP contribution in [0.5, 0.6) is 0 Å². The van der Waals surface area contributed by atoms with Crippen molar-refractivity contribution in [3.8, 4) is 11.1 Å². The Bertz CT molecular complexity index is 1150. The minimum atomic E-state index is -0.657. The second-order valence-electron chi connectivity index (χ2n) is 8.79. The van der Waals surface area contributed by atoms with Crippen LogP contribution in [-0.4, -0.2) is 54.4 Å². The molecule has 5 rings (SSSR count). The standard InChI is InChI=1S/C26H28FN3O3/c27-18-7-5-17(6-8-18)25-21-3-1-2-4-23(21)29-26(30-13-11-28-12-14-30)22(25)10-9-20-15-19(31)16-24(32)33-20/h1-8,19-20,28,31H,9-16H2/t19-,20+/m0/s1. The number of pyridine rings is 1. The van der Waals surface area contributed by atoms with E-state index in [-0.39, 0.29) is 24.3 Å². The number of ether oxygens (including phenoxy) is 1. The monoisotopic (exact) mass is 449 g/mol. The van der Waals surface area contributed by atoms with Crippen LogP contribution >= 0.6 is 0 Å². The van der Waals surface area contributed by atoms with Gasteiger partial charge in [-0.15, -0.1) is 0 Å². The number of hydrogen-bond acceptors (Lipinski definition) is 6. The molecule has 2 N–H and O–H groups in total. The summed E-state index contributed by atoms with van der Waals surface area (Å²) in [5, 5.41) is 14.4. The number of halogens is 1. The molecular weight excluding hydrogens is 421 g/mol. The zero-order valence-electron chi connectivity index (χ0n) is 18.5. The van der Waals surface area contributed by atoms with Crippen molar-refractivity contribution in [2.24, 2.45) is 0 Å². The van der Waals surface area contributed by atoms with Crippen molar-refractivity contribution in [3.05, 3.63) is 59.9 Å². The maximum Gasteiger partial charge on any atom is 0.308 e. The summed E-state index contributed by atoms with van der Waals surface area (Å²) in [7, 11) is 0. The lowest BCUT2D eigenvalue weighted by Gasteiger charge is -2.32. The highest BCUT2D eigenvalue weighted by molar-refractivity contribution is 5.98. The van der Waals surface area contributed by atoms with Crippen molar-refractivity contribution >= 4 is 22.7 Å². The van der Waals surface area contributed by atoms with Crippen molar-refractivity contribution in [1.82, 2.24) is 10.3 Å². The number of piperazine rings is 1. The number of carbonyl (C=O) groups excluding carboxylic acids is 1. The average Bonchev–Trinajstić information content (AvgIpc) is 2.82. The molecular formula is C26H28FN3O3. The number of esters is 1. The van der Waals surface area contributed by atoms with Crippen molar-refractivity contribution < 1.29 is 19.0 Å². The van der Waals surface area contributed by atoms with Crippen LogP contribution in [0.2, 0.25) is 0 Å². The predicted octanol–water partition coefficient (Wildman–Crippen LogP) is 3.45. The fourth-order valence-corrected chi connectivity index (χ4v) is 4.90. The number of aliphatic hydroxyl groups is 1. The Morgan fingerprint density at radius 2 is 1.88 bits per heavy atom. The first-order valence-corrected chi connectivity index (χ1v) is 11.6. The number of carbonyl (C=O) groups is 1. The Hall–Kier alpha value is -3.03. The topological polar surface area (TPSA) is 74.7 Å². The van der Waals surface area contributed by atoms with E-state index >= 15 is 0 Å². The van der Waals surface area contributed by atoms with Gasteiger partial charge < -0.3 is 20.1 Å². The summed E-state index contributed by atoms with van der Waals surface area (Å²) in [6.45, 7) is 3.45. The molecule has 2 atom stereocenters. The quantitative estimate of drug-likeness (QED) is 0.582. The van der Waals surface area contributed by atoms with E-state index in [9.17, 15) is 14.3 Å². The van der Waals surface area contributed by atoms with Crippen LogP contribution in [-0.2, 0) is 16.0 Å². The number of benzene rings is 2. The second kappa shape index (κ2) is 9.45. The maximum atomic E-state index is 13.8. The van der Waals surface area contributed by atoms with Crippen LogP contribution in [0.15, 0.2) is 48.5 Å². The van der Waals surface area contributed by atoms with E-state index in [0.717, 1.165) is 59.6 Å². The van der Waals surface area contributed by atoms with E-state index in [4.69, 9.17) is 9.72 Å². The molecule has 6 nitrogen and oxygen atoms in total. The van der Waals surface area contributed by atoms with Crippen LogP contribution < -0.4 is 10.2 Å². The number of anilines is 1. The van der Waals surface area contributed by atoms with Crippen LogP contribution in [0, 0.1) is 5.82 Å². The fraction of sp³-hybridized carbons (Fsp3) is 0.385. The van der Waals surface area contributed by atoms with Gasteiger partial charge in [-0.1, -0.05) is 30.3 Å². The molecule has 172 valence electrons. The number of aromatic nitrogens is 1. The molecule has 33 heavy (non-hydrogen) atoms. The Labute approximate surface area is 192 Å². The predicted molar refractivity (Wildman–Crippen MR) is 126 cm³/mol. The van der Waals surface area contributed by atoms with Crippen LogP contribution in [0.4, 0.5) is 10.2 Å². The minimum Gasteiger partial charge on any atom is -0.462 e. The van der Waals surface area contributed by atoms with E-state index in [1.807, 2.05) is 30.3 Å². The Morgan fingerprint density at radius 3 is 2.64 bits per heavy atom. The van der Waals surface area contributed by atoms with Gasteiger partial charge in [0.1, 0.15) is 17.7 Å². The Balaban J connectivity index is 1.62. The van der Waals surface area contributed by atoms with Gasteiger partial charge in [0.2, 0.25) is 0 Å². The van der Waals surface area contributed by atoms with Gasteiger partial charge in [-0.05, 0) is 42.2 Å². The summed E-state index contributed by atoms with van der Waals surface area (Å²) < 4.78 is 19.3. The molecule has 3 aromatic rings. The van der Waals surface area contributed by atoms with Gasteiger partial charge in [0, 0.05) is 43.5 Å². The van der Waals surface area contributed by atoms with Gasteiger partial charge in [0.15, 0.2) is 0 Å². The summed E-state index contributed by atoms with van der Waals surface area (Å²) in [6, 6.07) is 14.6. The highest BCUT2D eigenvalue weighted by Gasteiger charge is 2.29. The molecule has 7 heteroatoms. The zero-order valence-corrected chi connectivity index (χ0v) is 18.5. The minimum absolute atomic E-state index is 0.0564. The molecule has 0 saturated carbocycles. The smallest absolute Gasteiger partial charge is 0.308 e. The third-order valence-corrected chi connectivity index (χ3v) is 6.47. The number of nitrogens with zero attached hydrogens (tertiary/aromatic N) is 2. The lowest BCUT2D eigenvalue weighted by atomic mass is 9.91. The third kappa shape index (κ3) is 4.70. The molecule has 0 bridgehead atoms. The molecule has 1 aromatic heterocycles. The van der Waals surface area contributed by atoms with Crippen molar-refractivity contribution in [2.75, 3.05) is 31.1 Å². The highest BCUT2D eigenvalue weighted by atomic mass is 19.1. The van der Waals surface area contributed by atoms with Crippen LogP contribution in [0.3, 0.4) is 0 Å². The summed E-state index contributed by atoms with van der Waals surface area (Å²) in [6.07, 6.45) is 0.743. The first-order valence-electron chi connectivity index (χ1n) is 11.6. The number of aliphatic hydroxyl groups excluding tert-OH is 1. The van der Waals surface area contributed by atoms with E-state index in [1.54, 1.807) is 0 Å². The molecule has 2 saturated heterocycles. The molecule has 0 radical (unpaired) electrons. The second-order valence-corrected chi connectivity index (χ2v) is 8.79. The molecule has 0 aliphatic carbocycles. The van der Waals surface area contributed by atoms with E-state index in [0.29, 0.717) is 19.3 Å². The first-order chi connectivity index (χ1) is 16.1. The van der Waals surface area contributed by atoms with Crippen molar-refractivity contribution in [1.29, 1.82) is 0 Å². The van der Waals surface area contributed by atoms with E-state index in [2.05, 4.69) is 16.3 Å². The number of fused-ring (bicyclic) bond motifs is 1. The van der Waals surface area contributed by atoms with Gasteiger partial charge in [-0.2, -0.15) is 0 Å². The molecule has 2 aromatic carbocycles. The summed E-state index contributed by atoms with van der Waals surface area (Å²) in [5.41, 5.74) is 3.94. The molecule has 0 unspecified atom stereocenters. The first kappa shape index (κ1) is 21.8. The Kier molecular flexibility index (Phi) is 6.24. The van der Waals surface area contributed by atoms with Crippen molar-refractivity contribution in [3.63, 3.8) is 0 Å². The number of rotatable bonds is 5.